The number of aryl methyl sites for hydroxylation is 1. The lowest BCUT2D eigenvalue weighted by Crippen LogP contribution is -2.17. The minimum absolute atomic E-state index is 0.0752. The van der Waals surface area contributed by atoms with Crippen LogP contribution in [0, 0.1) is 5.92 Å². The van der Waals surface area contributed by atoms with E-state index in [0.29, 0.717) is 11.5 Å². The molecule has 0 fully saturated rings. The highest BCUT2D eigenvalue weighted by Gasteiger charge is 2.15. The molecule has 3 heteroatoms. The third kappa shape index (κ3) is 6.25. The smallest absolute Gasteiger partial charge is 0.339 e. The number of hydrogen-bond donors (Lipinski definition) is 0. The van der Waals surface area contributed by atoms with Gasteiger partial charge in [0.15, 0.2) is 4.11 Å². The highest BCUT2D eigenvalue weighted by Crippen LogP contribution is 2.17. The van der Waals surface area contributed by atoms with E-state index in [1.165, 1.54) is 31.2 Å². The Morgan fingerprint density at radius 1 is 1.15 bits per heavy atom. The van der Waals surface area contributed by atoms with Gasteiger partial charge in [0.1, 0.15) is 0 Å². The molecule has 0 aliphatic heterocycles. The first-order valence-electron chi connectivity index (χ1n) is 7.48. The fourth-order valence-electron chi connectivity index (χ4n) is 1.87. The molecule has 0 aliphatic rings. The Morgan fingerprint density at radius 2 is 1.80 bits per heavy atom. The molecule has 20 heavy (non-hydrogen) atoms. The van der Waals surface area contributed by atoms with Crippen LogP contribution < -0.4 is 0 Å². The van der Waals surface area contributed by atoms with E-state index in [9.17, 15) is 4.79 Å². The van der Waals surface area contributed by atoms with E-state index in [4.69, 9.17) is 4.74 Å². The van der Waals surface area contributed by atoms with Gasteiger partial charge in [-0.2, -0.15) is 0 Å². The quantitative estimate of drug-likeness (QED) is 0.259. The van der Waals surface area contributed by atoms with Crippen molar-refractivity contribution in [3.63, 3.8) is 0 Å². The first kappa shape index (κ1) is 17.5. The zero-order valence-electron chi connectivity index (χ0n) is 12.7. The molecule has 1 aromatic carbocycles. The van der Waals surface area contributed by atoms with E-state index in [1.807, 2.05) is 38.1 Å². The van der Waals surface area contributed by atoms with Crippen molar-refractivity contribution in [1.82, 2.24) is 0 Å². The molecule has 0 N–H and O–H groups in total. The topological polar surface area (TPSA) is 26.3 Å². The van der Waals surface area contributed by atoms with Crippen LogP contribution in [0.1, 0.15) is 62.4 Å². The van der Waals surface area contributed by atoms with Gasteiger partial charge in [-0.25, -0.2) is 4.79 Å². The van der Waals surface area contributed by atoms with Crippen molar-refractivity contribution < 1.29 is 9.53 Å². The van der Waals surface area contributed by atoms with Gasteiger partial charge in [0.25, 0.3) is 0 Å². The SMILES string of the molecule is CCCCCCc1ccc(C(=O)OC(I)C(C)C)cc1. The van der Waals surface area contributed by atoms with Crippen LogP contribution in [0.2, 0.25) is 0 Å². The normalized spacial score (nSPS) is 12.4. The maximum absolute atomic E-state index is 11.9. The van der Waals surface area contributed by atoms with E-state index in [-0.39, 0.29) is 10.1 Å². The van der Waals surface area contributed by atoms with Crippen LogP contribution in [0.3, 0.4) is 0 Å². The molecule has 112 valence electrons. The zero-order valence-corrected chi connectivity index (χ0v) is 14.9. The van der Waals surface area contributed by atoms with Crippen molar-refractivity contribution in [3.05, 3.63) is 35.4 Å². The minimum Gasteiger partial charge on any atom is -0.448 e. The largest absolute Gasteiger partial charge is 0.448 e. The molecule has 0 saturated carbocycles. The lowest BCUT2D eigenvalue weighted by Gasteiger charge is -2.14. The number of benzene rings is 1. The molecule has 0 amide bonds. The van der Waals surface area contributed by atoms with Gasteiger partial charge in [0, 0.05) is 0 Å². The van der Waals surface area contributed by atoms with E-state index >= 15 is 0 Å². The number of alkyl halides is 1. The highest BCUT2D eigenvalue weighted by molar-refractivity contribution is 14.1. The summed E-state index contributed by atoms with van der Waals surface area (Å²) in [5, 5.41) is 0. The second-order valence-corrected chi connectivity index (χ2v) is 6.74. The van der Waals surface area contributed by atoms with Crippen molar-refractivity contribution in [2.75, 3.05) is 0 Å². The van der Waals surface area contributed by atoms with Crippen LogP contribution in [0.5, 0.6) is 0 Å². The predicted octanol–water partition coefficient (Wildman–Crippen LogP) is 5.38. The number of hydrogen-bond acceptors (Lipinski definition) is 2. The van der Waals surface area contributed by atoms with Crippen molar-refractivity contribution in [2.24, 2.45) is 5.92 Å². The Bertz CT molecular complexity index is 398. The van der Waals surface area contributed by atoms with Crippen LogP contribution in [0.4, 0.5) is 0 Å². The fraction of sp³-hybridized carbons (Fsp3) is 0.588. The Balaban J connectivity index is 2.47. The second kappa shape index (κ2) is 9.37. The molecule has 0 spiro atoms. The molecular weight excluding hydrogens is 363 g/mol. The number of carbonyl (C=O) groups excluding carboxylic acids is 1. The van der Waals surface area contributed by atoms with E-state index in [2.05, 4.69) is 29.5 Å². The van der Waals surface area contributed by atoms with Crippen molar-refractivity contribution in [3.8, 4) is 0 Å². The summed E-state index contributed by atoms with van der Waals surface area (Å²) in [6.45, 7) is 6.31. The van der Waals surface area contributed by atoms with E-state index < -0.39 is 0 Å². The number of unbranched alkanes of at least 4 members (excludes halogenated alkanes) is 3. The fourth-order valence-corrected chi connectivity index (χ4v) is 2.10. The standard InChI is InChI=1S/C17H25IO2/c1-4-5-6-7-8-14-9-11-15(12-10-14)17(19)20-16(18)13(2)3/h9-13,16H,4-8H2,1-3H3. The van der Waals surface area contributed by atoms with Gasteiger partial charge in [0.2, 0.25) is 0 Å². The summed E-state index contributed by atoms with van der Waals surface area (Å²) in [5.74, 6) is 0.105. The van der Waals surface area contributed by atoms with E-state index in [1.54, 1.807) is 0 Å². The molecule has 0 radical (unpaired) electrons. The predicted molar refractivity (Wildman–Crippen MR) is 92.3 cm³/mol. The first-order chi connectivity index (χ1) is 9.54. The highest BCUT2D eigenvalue weighted by atomic mass is 127. The number of carbonyl (C=O) groups is 1. The lowest BCUT2D eigenvalue weighted by atomic mass is 10.0. The molecule has 1 atom stereocenters. The number of rotatable bonds is 8. The van der Waals surface area contributed by atoms with Gasteiger partial charge in [-0.1, -0.05) is 52.2 Å². The van der Waals surface area contributed by atoms with E-state index in [0.717, 1.165) is 6.42 Å². The molecule has 0 heterocycles. The van der Waals surface area contributed by atoms with Gasteiger partial charge in [-0.15, -0.1) is 0 Å². The summed E-state index contributed by atoms with van der Waals surface area (Å²) in [5.41, 5.74) is 1.94. The number of esters is 1. The summed E-state index contributed by atoms with van der Waals surface area (Å²) in [6.07, 6.45) is 6.16. The molecule has 2 nitrogen and oxygen atoms in total. The molecular formula is C17H25IO2. The Morgan fingerprint density at radius 3 is 2.35 bits per heavy atom. The Hall–Kier alpha value is -0.580. The monoisotopic (exact) mass is 388 g/mol. The Kier molecular flexibility index (Phi) is 8.19. The van der Waals surface area contributed by atoms with Gasteiger partial charge >= 0.3 is 5.97 Å². The van der Waals surface area contributed by atoms with Crippen LogP contribution >= 0.6 is 22.6 Å². The van der Waals surface area contributed by atoms with Crippen molar-refractivity contribution >= 4 is 28.6 Å². The zero-order chi connectivity index (χ0) is 15.0. The van der Waals surface area contributed by atoms with Gasteiger partial charge < -0.3 is 4.74 Å². The Labute approximate surface area is 136 Å². The van der Waals surface area contributed by atoms with Crippen LogP contribution in [0.25, 0.3) is 0 Å². The number of ether oxygens (including phenoxy) is 1. The minimum atomic E-state index is -0.226. The molecule has 0 saturated heterocycles. The lowest BCUT2D eigenvalue weighted by molar-refractivity contribution is 0.0424. The molecule has 1 aromatic rings. The number of halogens is 1. The van der Waals surface area contributed by atoms with Gasteiger partial charge in [-0.3, -0.25) is 0 Å². The summed E-state index contributed by atoms with van der Waals surface area (Å²) in [4.78, 5) is 11.9. The average molecular weight is 388 g/mol. The van der Waals surface area contributed by atoms with Gasteiger partial charge in [-0.05, 0) is 59.0 Å². The summed E-state index contributed by atoms with van der Waals surface area (Å²) < 4.78 is 5.32. The summed E-state index contributed by atoms with van der Waals surface area (Å²) in [7, 11) is 0. The van der Waals surface area contributed by atoms with Crippen molar-refractivity contribution in [1.29, 1.82) is 0 Å². The first-order valence-corrected chi connectivity index (χ1v) is 8.73. The average Bonchev–Trinajstić information content (AvgIpc) is 2.44. The second-order valence-electron chi connectivity index (χ2n) is 5.51. The maximum Gasteiger partial charge on any atom is 0.339 e. The van der Waals surface area contributed by atoms with Gasteiger partial charge in [0.05, 0.1) is 5.56 Å². The third-order valence-corrected chi connectivity index (χ3v) is 4.95. The molecule has 0 bridgehead atoms. The van der Waals surface area contributed by atoms with Crippen LogP contribution in [0.15, 0.2) is 24.3 Å². The molecule has 1 unspecified atom stereocenters. The van der Waals surface area contributed by atoms with Crippen molar-refractivity contribution in [2.45, 2.75) is 57.0 Å². The third-order valence-electron chi connectivity index (χ3n) is 3.25. The summed E-state index contributed by atoms with van der Waals surface area (Å²) >= 11 is 2.16. The molecule has 0 aliphatic carbocycles. The molecule has 1 rings (SSSR count). The summed E-state index contributed by atoms with van der Waals surface area (Å²) in [6, 6.07) is 7.84. The molecule has 0 aromatic heterocycles. The van der Waals surface area contributed by atoms with Crippen LogP contribution in [-0.2, 0) is 11.2 Å². The maximum atomic E-state index is 11.9. The van der Waals surface area contributed by atoms with Crippen LogP contribution in [-0.4, -0.2) is 10.1 Å².